The number of benzene rings is 2. The van der Waals surface area contributed by atoms with Gasteiger partial charge in [-0.05, 0) is 49.2 Å². The van der Waals surface area contributed by atoms with E-state index in [0.717, 1.165) is 37.4 Å². The van der Waals surface area contributed by atoms with E-state index in [1.807, 2.05) is 19.1 Å². The zero-order valence-corrected chi connectivity index (χ0v) is 18.1. The van der Waals surface area contributed by atoms with Crippen LogP contribution in [-0.2, 0) is 10.0 Å². The molecule has 0 unspecified atom stereocenters. The largest absolute Gasteiger partial charge is 0.368 e. The minimum Gasteiger partial charge on any atom is -0.368 e. The minimum atomic E-state index is -3.77. The molecular weight excluding hydrogens is 388 g/mol. The number of carbonyl (C=O) groups excluding carboxylic acids is 1. The van der Waals surface area contributed by atoms with Gasteiger partial charge in [-0.15, -0.1) is 0 Å². The number of hydrogen-bond acceptors (Lipinski definition) is 5. The molecule has 2 N–H and O–H groups in total. The molecule has 0 spiro atoms. The first-order chi connectivity index (χ1) is 13.7. The molecule has 0 aliphatic carbocycles. The maximum absolute atomic E-state index is 13.0. The fraction of sp³-hybridized carbons (Fsp3) is 0.381. The highest BCUT2D eigenvalue weighted by molar-refractivity contribution is 7.92. The van der Waals surface area contributed by atoms with Crippen LogP contribution in [0.25, 0.3) is 0 Å². The van der Waals surface area contributed by atoms with E-state index in [2.05, 4.69) is 14.9 Å². The van der Waals surface area contributed by atoms with Gasteiger partial charge in [-0.2, -0.15) is 0 Å². The Hall–Kier alpha value is -2.58. The van der Waals surface area contributed by atoms with E-state index in [9.17, 15) is 13.2 Å². The van der Waals surface area contributed by atoms with E-state index >= 15 is 0 Å². The number of amides is 1. The van der Waals surface area contributed by atoms with Crippen molar-refractivity contribution < 1.29 is 13.2 Å². The summed E-state index contributed by atoms with van der Waals surface area (Å²) in [4.78, 5) is 16.7. The molecule has 29 heavy (non-hydrogen) atoms. The van der Waals surface area contributed by atoms with Crippen LogP contribution in [0.3, 0.4) is 0 Å². The Bertz CT molecular complexity index is 1010. The van der Waals surface area contributed by atoms with Gasteiger partial charge in [0.25, 0.3) is 15.9 Å². The molecule has 1 saturated heterocycles. The molecule has 1 aliphatic heterocycles. The first-order valence-electron chi connectivity index (χ1n) is 9.60. The third-order valence-corrected chi connectivity index (χ3v) is 6.50. The molecule has 0 atom stereocenters. The van der Waals surface area contributed by atoms with Gasteiger partial charge in [0.1, 0.15) is 0 Å². The van der Waals surface area contributed by atoms with Crippen molar-refractivity contribution in [3.8, 4) is 0 Å². The highest BCUT2D eigenvalue weighted by Gasteiger charge is 2.22. The monoisotopic (exact) mass is 416 g/mol. The van der Waals surface area contributed by atoms with Crippen LogP contribution in [0.1, 0.15) is 21.5 Å². The van der Waals surface area contributed by atoms with Crippen LogP contribution in [0.2, 0.25) is 0 Å². The van der Waals surface area contributed by atoms with Gasteiger partial charge in [-0.1, -0.05) is 12.1 Å². The van der Waals surface area contributed by atoms with Crippen LogP contribution >= 0.6 is 0 Å². The third-order valence-electron chi connectivity index (χ3n) is 4.98. The number of nitrogens with one attached hydrogen (secondary N) is 2. The third kappa shape index (κ3) is 4.71. The topological polar surface area (TPSA) is 81.8 Å². The Labute approximate surface area is 172 Å². The van der Waals surface area contributed by atoms with E-state index in [0.29, 0.717) is 16.8 Å². The fourth-order valence-electron chi connectivity index (χ4n) is 3.40. The summed E-state index contributed by atoms with van der Waals surface area (Å²) in [6, 6.07) is 10.5. The lowest BCUT2D eigenvalue weighted by Gasteiger charge is -2.31. The average molecular weight is 417 g/mol. The van der Waals surface area contributed by atoms with E-state index in [4.69, 9.17) is 0 Å². The number of piperazine rings is 1. The van der Waals surface area contributed by atoms with Crippen LogP contribution in [0.15, 0.2) is 41.3 Å². The minimum absolute atomic E-state index is 0.161. The zero-order chi connectivity index (χ0) is 21.2. The molecule has 1 amide bonds. The van der Waals surface area contributed by atoms with Crippen molar-refractivity contribution in [3.63, 3.8) is 0 Å². The predicted molar refractivity (Wildman–Crippen MR) is 116 cm³/mol. The second-order valence-corrected chi connectivity index (χ2v) is 9.19. The number of rotatable bonds is 5. The van der Waals surface area contributed by atoms with Crippen LogP contribution in [0.4, 0.5) is 11.4 Å². The van der Waals surface area contributed by atoms with Gasteiger partial charge >= 0.3 is 0 Å². The number of nitrogens with zero attached hydrogens (tertiary/aromatic N) is 2. The molecule has 2 aromatic carbocycles. The average Bonchev–Trinajstić information content (AvgIpc) is 2.69. The number of anilines is 2. The Kier molecular flexibility index (Phi) is 6.14. The Morgan fingerprint density at radius 1 is 1.07 bits per heavy atom. The summed E-state index contributed by atoms with van der Waals surface area (Å²) in [7, 11) is -0.383. The van der Waals surface area contributed by atoms with Gasteiger partial charge in [-0.3, -0.25) is 9.52 Å². The Balaban J connectivity index is 1.98. The summed E-state index contributed by atoms with van der Waals surface area (Å²) in [6.45, 7) is 6.90. The van der Waals surface area contributed by atoms with Crippen molar-refractivity contribution >= 4 is 27.3 Å². The molecule has 1 heterocycles. The van der Waals surface area contributed by atoms with Gasteiger partial charge in [0, 0.05) is 51.6 Å². The SMILES string of the molecule is Cc1ccc(C)c(S(=O)(=O)Nc2ccc(N3CCNCC3)c(C(=O)N(C)C)c2)c1. The van der Waals surface area contributed by atoms with Crippen molar-refractivity contribution in [2.45, 2.75) is 18.7 Å². The van der Waals surface area contributed by atoms with Crippen LogP contribution in [-0.4, -0.2) is 59.5 Å². The second-order valence-electron chi connectivity index (χ2n) is 7.54. The normalized spacial score (nSPS) is 14.6. The summed E-state index contributed by atoms with van der Waals surface area (Å²) < 4.78 is 28.5. The van der Waals surface area contributed by atoms with Crippen molar-refractivity contribution in [1.82, 2.24) is 10.2 Å². The first kappa shape index (κ1) is 21.1. The number of carbonyl (C=O) groups is 1. The van der Waals surface area contributed by atoms with Gasteiger partial charge in [0.15, 0.2) is 0 Å². The summed E-state index contributed by atoms with van der Waals surface area (Å²) in [5, 5.41) is 3.30. The molecule has 0 radical (unpaired) electrons. The zero-order valence-electron chi connectivity index (χ0n) is 17.3. The van der Waals surface area contributed by atoms with Crippen LogP contribution in [0.5, 0.6) is 0 Å². The molecule has 0 aromatic heterocycles. The van der Waals surface area contributed by atoms with Crippen molar-refractivity contribution in [2.75, 3.05) is 49.9 Å². The summed E-state index contributed by atoms with van der Waals surface area (Å²) in [5.74, 6) is -0.161. The first-order valence-corrected chi connectivity index (χ1v) is 11.1. The lowest BCUT2D eigenvalue weighted by molar-refractivity contribution is 0.0828. The highest BCUT2D eigenvalue weighted by Crippen LogP contribution is 2.28. The number of hydrogen-bond donors (Lipinski definition) is 2. The Morgan fingerprint density at radius 3 is 2.41 bits per heavy atom. The molecule has 0 bridgehead atoms. The van der Waals surface area contributed by atoms with Crippen molar-refractivity contribution in [2.24, 2.45) is 0 Å². The maximum atomic E-state index is 13.0. The van der Waals surface area contributed by atoms with Crippen LogP contribution < -0.4 is 14.9 Å². The van der Waals surface area contributed by atoms with E-state index in [1.165, 1.54) is 4.90 Å². The van der Waals surface area contributed by atoms with Gasteiger partial charge in [-0.25, -0.2) is 8.42 Å². The number of sulfonamides is 1. The Morgan fingerprint density at radius 2 is 1.76 bits per heavy atom. The van der Waals surface area contributed by atoms with Crippen LogP contribution in [0, 0.1) is 13.8 Å². The summed E-state index contributed by atoms with van der Waals surface area (Å²) in [5.41, 5.74) is 3.21. The molecule has 8 heteroatoms. The quantitative estimate of drug-likeness (QED) is 0.781. The van der Waals surface area contributed by atoms with Crippen molar-refractivity contribution in [3.05, 3.63) is 53.1 Å². The second kappa shape index (κ2) is 8.42. The lowest BCUT2D eigenvalue weighted by Crippen LogP contribution is -2.44. The number of aryl methyl sites for hydroxylation is 2. The maximum Gasteiger partial charge on any atom is 0.262 e. The van der Waals surface area contributed by atoms with E-state index in [-0.39, 0.29) is 10.8 Å². The summed E-state index contributed by atoms with van der Waals surface area (Å²) >= 11 is 0. The van der Waals surface area contributed by atoms with Crippen molar-refractivity contribution in [1.29, 1.82) is 0 Å². The molecule has 156 valence electrons. The predicted octanol–water partition coefficient (Wildman–Crippen LogP) is 2.22. The smallest absolute Gasteiger partial charge is 0.262 e. The molecule has 1 aliphatic rings. The van der Waals surface area contributed by atoms with E-state index in [1.54, 1.807) is 45.3 Å². The molecule has 3 rings (SSSR count). The lowest BCUT2D eigenvalue weighted by atomic mass is 10.1. The van der Waals surface area contributed by atoms with Gasteiger partial charge in [0.05, 0.1) is 10.5 Å². The van der Waals surface area contributed by atoms with E-state index < -0.39 is 10.0 Å². The molecule has 7 nitrogen and oxygen atoms in total. The summed E-state index contributed by atoms with van der Waals surface area (Å²) in [6.07, 6.45) is 0. The standard InChI is InChI=1S/C21H28N4O3S/c1-15-5-6-16(2)20(13-15)29(27,28)23-17-7-8-19(25-11-9-22-10-12-25)18(14-17)21(26)24(3)4/h5-8,13-14,22-23H,9-12H2,1-4H3. The molecular formula is C21H28N4O3S. The molecule has 2 aromatic rings. The molecule has 0 saturated carbocycles. The van der Waals surface area contributed by atoms with Gasteiger partial charge < -0.3 is 15.1 Å². The highest BCUT2D eigenvalue weighted by atomic mass is 32.2. The fourth-order valence-corrected chi connectivity index (χ4v) is 4.78. The molecule has 1 fully saturated rings. The van der Waals surface area contributed by atoms with Gasteiger partial charge in [0.2, 0.25) is 0 Å².